The van der Waals surface area contributed by atoms with Crippen molar-refractivity contribution in [2.45, 2.75) is 12.5 Å². The Labute approximate surface area is 199 Å². The summed E-state index contributed by atoms with van der Waals surface area (Å²) in [5, 5.41) is 0. The number of nitrogens with two attached hydrogens (primary N) is 1. The zero-order chi connectivity index (χ0) is 24.4. The van der Waals surface area contributed by atoms with Crippen LogP contribution in [0.2, 0.25) is 0 Å². The number of nitrogens with zero attached hydrogens (tertiary/aromatic N) is 6. The Morgan fingerprint density at radius 1 is 1.14 bits per heavy atom. The van der Waals surface area contributed by atoms with E-state index in [1.165, 1.54) is 34.9 Å². The molecule has 0 spiro atoms. The maximum Gasteiger partial charge on any atom is 0.273 e. The lowest BCUT2D eigenvalue weighted by Crippen LogP contribution is -2.53. The van der Waals surface area contributed by atoms with E-state index in [9.17, 15) is 13.6 Å². The molecule has 1 aliphatic rings. The molecular formula is C25H21F2N7O. The Balaban J connectivity index is 1.36. The molecule has 4 aromatic rings. The number of allylic oxidation sites excluding steroid dienone is 1. The van der Waals surface area contributed by atoms with Crippen molar-refractivity contribution in [1.29, 1.82) is 0 Å². The van der Waals surface area contributed by atoms with E-state index in [-0.39, 0.29) is 17.6 Å². The molecule has 0 aromatic carbocycles. The van der Waals surface area contributed by atoms with Gasteiger partial charge in [-0.15, -0.1) is 0 Å². The Morgan fingerprint density at radius 3 is 2.71 bits per heavy atom. The Hall–Kier alpha value is -4.47. The summed E-state index contributed by atoms with van der Waals surface area (Å²) in [5.74, 6) is -1.17. The van der Waals surface area contributed by atoms with E-state index in [1.54, 1.807) is 35.5 Å². The van der Waals surface area contributed by atoms with Gasteiger partial charge in [0, 0.05) is 25.2 Å². The fraction of sp³-hybridized carbons (Fsp3) is 0.160. The zero-order valence-electron chi connectivity index (χ0n) is 18.6. The lowest BCUT2D eigenvalue weighted by Gasteiger charge is -2.40. The molecule has 0 unspecified atom stereocenters. The number of rotatable bonds is 6. The number of carbonyl (C=O) groups excluding carboxylic acids is 1. The van der Waals surface area contributed by atoms with Crippen molar-refractivity contribution in [1.82, 2.24) is 24.3 Å². The first-order valence-corrected chi connectivity index (χ1v) is 11.0. The van der Waals surface area contributed by atoms with E-state index in [4.69, 9.17) is 5.73 Å². The van der Waals surface area contributed by atoms with Crippen LogP contribution >= 0.6 is 0 Å². The van der Waals surface area contributed by atoms with Crippen LogP contribution in [0.15, 0.2) is 72.1 Å². The lowest BCUT2D eigenvalue weighted by molar-refractivity contribution is 0.0476. The lowest BCUT2D eigenvalue weighted by atomic mass is 10.0. The van der Waals surface area contributed by atoms with E-state index < -0.39 is 11.6 Å². The third kappa shape index (κ3) is 4.50. The number of pyridine rings is 3. The first-order chi connectivity index (χ1) is 17.0. The van der Waals surface area contributed by atoms with Gasteiger partial charge in [-0.1, -0.05) is 6.07 Å². The van der Waals surface area contributed by atoms with E-state index in [0.717, 1.165) is 12.6 Å². The number of aliphatic imine (C=N–C) groups is 1. The fourth-order valence-electron chi connectivity index (χ4n) is 3.89. The summed E-state index contributed by atoms with van der Waals surface area (Å²) in [4.78, 5) is 32.4. The van der Waals surface area contributed by atoms with E-state index >= 15 is 0 Å². The van der Waals surface area contributed by atoms with Crippen molar-refractivity contribution in [3.05, 3.63) is 90.2 Å². The number of amides is 1. The second-order valence-electron chi connectivity index (χ2n) is 8.04. The predicted octanol–water partition coefficient (Wildman–Crippen LogP) is 3.35. The fourth-order valence-corrected chi connectivity index (χ4v) is 3.89. The van der Waals surface area contributed by atoms with Crippen LogP contribution in [-0.2, 0) is 0 Å². The summed E-state index contributed by atoms with van der Waals surface area (Å²) < 4.78 is 28.5. The number of hydrogen-bond donors (Lipinski definition) is 1. The van der Waals surface area contributed by atoms with Gasteiger partial charge >= 0.3 is 0 Å². The first kappa shape index (κ1) is 22.3. The van der Waals surface area contributed by atoms with Gasteiger partial charge in [-0.25, -0.2) is 13.8 Å². The van der Waals surface area contributed by atoms with E-state index in [0.29, 0.717) is 41.5 Å². The second-order valence-corrected chi connectivity index (χ2v) is 8.04. The number of likely N-dealkylation sites (tertiary alicyclic amines) is 1. The largest absolute Gasteiger partial charge is 0.397 e. The van der Waals surface area contributed by atoms with Gasteiger partial charge in [0.05, 0.1) is 35.9 Å². The van der Waals surface area contributed by atoms with Crippen molar-refractivity contribution in [2.75, 3.05) is 13.1 Å². The molecule has 2 N–H and O–H groups in total. The molecule has 35 heavy (non-hydrogen) atoms. The average molecular weight is 473 g/mol. The molecule has 4 aromatic heterocycles. The highest BCUT2D eigenvalue weighted by Gasteiger charge is 2.35. The van der Waals surface area contributed by atoms with Gasteiger partial charge < -0.3 is 10.6 Å². The van der Waals surface area contributed by atoms with E-state index in [1.807, 2.05) is 6.07 Å². The van der Waals surface area contributed by atoms with Gasteiger partial charge in [0.15, 0.2) is 0 Å². The molecule has 1 fully saturated rings. The minimum absolute atomic E-state index is 0.118. The Bertz CT molecular complexity index is 1430. The second kappa shape index (κ2) is 9.41. The number of aromatic nitrogens is 4. The van der Waals surface area contributed by atoms with Crippen LogP contribution in [0, 0.1) is 11.6 Å². The van der Waals surface area contributed by atoms with Crippen molar-refractivity contribution in [3.8, 4) is 11.4 Å². The zero-order valence-corrected chi connectivity index (χ0v) is 18.6. The number of hydrogen-bond acceptors (Lipinski definition) is 6. The molecule has 0 aliphatic carbocycles. The Kier molecular flexibility index (Phi) is 6.01. The number of halogens is 2. The van der Waals surface area contributed by atoms with Crippen molar-refractivity contribution < 1.29 is 13.6 Å². The minimum Gasteiger partial charge on any atom is -0.397 e. The topological polar surface area (TPSA) is 102 Å². The van der Waals surface area contributed by atoms with Crippen molar-refractivity contribution >= 4 is 23.5 Å². The molecule has 5 heterocycles. The monoisotopic (exact) mass is 473 g/mol. The molecule has 0 saturated carbocycles. The van der Waals surface area contributed by atoms with Gasteiger partial charge in [0.1, 0.15) is 28.7 Å². The quantitative estimate of drug-likeness (QED) is 0.433. The summed E-state index contributed by atoms with van der Waals surface area (Å²) in [5.41, 5.74) is 8.41. The molecule has 10 heteroatoms. The third-order valence-corrected chi connectivity index (χ3v) is 5.80. The minimum atomic E-state index is -0.471. The van der Waals surface area contributed by atoms with Crippen molar-refractivity contribution in [3.63, 3.8) is 0 Å². The number of imidazole rings is 1. The van der Waals surface area contributed by atoms with Crippen LogP contribution in [0.4, 0.5) is 8.78 Å². The SMILES string of the molecule is N/C(=C\C=NC[C@@H]1CCN1C(=O)c1c(-c2ccccn2)nc2ccc(F)cn12)c1ccc(F)cn1. The molecule has 1 aliphatic heterocycles. The molecule has 5 rings (SSSR count). The molecule has 1 atom stereocenters. The number of carbonyl (C=O) groups is 1. The van der Waals surface area contributed by atoms with Gasteiger partial charge in [0.2, 0.25) is 0 Å². The van der Waals surface area contributed by atoms with Crippen LogP contribution in [0.5, 0.6) is 0 Å². The first-order valence-electron chi connectivity index (χ1n) is 11.0. The van der Waals surface area contributed by atoms with Gasteiger partial charge in [-0.05, 0) is 48.9 Å². The molecular weight excluding hydrogens is 452 g/mol. The Morgan fingerprint density at radius 2 is 2.00 bits per heavy atom. The number of fused-ring (bicyclic) bond motifs is 1. The maximum atomic E-state index is 14.0. The van der Waals surface area contributed by atoms with Gasteiger partial charge in [0.25, 0.3) is 5.91 Å². The maximum absolute atomic E-state index is 14.0. The summed E-state index contributed by atoms with van der Waals surface area (Å²) in [6.45, 7) is 0.928. The summed E-state index contributed by atoms with van der Waals surface area (Å²) in [6.07, 6.45) is 7.88. The summed E-state index contributed by atoms with van der Waals surface area (Å²) >= 11 is 0. The van der Waals surface area contributed by atoms with Gasteiger partial charge in [-0.2, -0.15) is 0 Å². The molecule has 1 amide bonds. The molecule has 1 saturated heterocycles. The standard InChI is InChI=1S/C25H21F2N7O/c26-16-4-6-20(31-13-16)19(28)8-11-29-14-18-9-12-33(18)25(35)24-23(21-3-1-2-10-30-21)32-22-7-5-17(27)15-34(22)24/h1-8,10-11,13,15,18H,9,12,14,28H2/b19-8-,29-11?/t18-/m0/s1. The van der Waals surface area contributed by atoms with Crippen LogP contribution in [0.25, 0.3) is 22.7 Å². The molecule has 0 bridgehead atoms. The van der Waals surface area contributed by atoms with E-state index in [2.05, 4.69) is 19.9 Å². The molecule has 8 nitrogen and oxygen atoms in total. The van der Waals surface area contributed by atoms with Crippen LogP contribution in [0.3, 0.4) is 0 Å². The normalized spacial score (nSPS) is 16.1. The highest BCUT2D eigenvalue weighted by atomic mass is 19.1. The highest BCUT2D eigenvalue weighted by molar-refractivity contribution is 6.00. The predicted molar refractivity (Wildman–Crippen MR) is 128 cm³/mol. The summed E-state index contributed by atoms with van der Waals surface area (Å²) in [7, 11) is 0. The third-order valence-electron chi connectivity index (χ3n) is 5.80. The van der Waals surface area contributed by atoms with Crippen LogP contribution in [0.1, 0.15) is 22.6 Å². The van der Waals surface area contributed by atoms with Crippen LogP contribution < -0.4 is 5.73 Å². The van der Waals surface area contributed by atoms with Crippen LogP contribution in [-0.4, -0.2) is 55.5 Å². The molecule has 0 radical (unpaired) electrons. The smallest absolute Gasteiger partial charge is 0.273 e. The van der Waals surface area contributed by atoms with Crippen molar-refractivity contribution in [2.24, 2.45) is 10.7 Å². The summed E-state index contributed by atoms with van der Waals surface area (Å²) in [6, 6.07) is 10.8. The average Bonchev–Trinajstić information content (AvgIpc) is 3.22. The molecule has 176 valence electrons. The highest BCUT2D eigenvalue weighted by Crippen LogP contribution is 2.28. The van der Waals surface area contributed by atoms with Gasteiger partial charge in [-0.3, -0.25) is 24.2 Å².